The second kappa shape index (κ2) is 3.67. The Morgan fingerprint density at radius 3 is 2.17 bits per heavy atom. The highest BCUT2D eigenvalue weighted by atomic mass is 35.5. The van der Waals surface area contributed by atoms with Crippen molar-refractivity contribution < 1.29 is 28.1 Å². The van der Waals surface area contributed by atoms with Crippen molar-refractivity contribution in [3.05, 3.63) is 0 Å². The Hall–Kier alpha value is -0.200. The van der Waals surface area contributed by atoms with Crippen LogP contribution in [-0.4, -0.2) is 27.9 Å². The summed E-state index contributed by atoms with van der Waals surface area (Å²) in [4.78, 5) is 12.2. The van der Waals surface area contributed by atoms with Gasteiger partial charge in [-0.05, 0) is 0 Å². The van der Waals surface area contributed by atoms with Crippen LogP contribution in [0.3, 0.4) is 0 Å². The monoisotopic (exact) mass is 226 g/mol. The van der Waals surface area contributed by atoms with E-state index in [1.807, 2.05) is 0 Å². The Bertz CT molecular complexity index is 184. The standard InChI is InChI=1S/C4H3Cl2F3O3/c5-3(6,1-10)4(7,8)2(11)12-9/h10H,1H2. The van der Waals surface area contributed by atoms with E-state index in [0.29, 0.717) is 0 Å². The molecule has 8 heteroatoms. The summed E-state index contributed by atoms with van der Waals surface area (Å²) >= 11 is 9.57. The van der Waals surface area contributed by atoms with E-state index in [1.54, 1.807) is 0 Å². The van der Waals surface area contributed by atoms with Crippen LogP contribution in [-0.2, 0) is 9.74 Å². The molecule has 0 saturated heterocycles. The number of halogens is 5. The molecule has 0 amide bonds. The zero-order chi connectivity index (χ0) is 9.99. The molecule has 0 aromatic heterocycles. The topological polar surface area (TPSA) is 46.5 Å². The van der Waals surface area contributed by atoms with E-state index in [9.17, 15) is 18.1 Å². The first kappa shape index (κ1) is 11.8. The molecule has 0 bridgehead atoms. The molecule has 0 aliphatic heterocycles. The Morgan fingerprint density at radius 2 is 1.92 bits per heavy atom. The minimum absolute atomic E-state index is 1.42. The van der Waals surface area contributed by atoms with E-state index >= 15 is 0 Å². The Labute approximate surface area is 74.9 Å². The fraction of sp³-hybridized carbons (Fsp3) is 0.750. The maximum atomic E-state index is 12.5. The second-order valence-electron chi connectivity index (χ2n) is 1.80. The van der Waals surface area contributed by atoms with E-state index in [0.717, 1.165) is 0 Å². The number of hydrogen-bond acceptors (Lipinski definition) is 3. The number of hydrogen-bond donors (Lipinski definition) is 1. The summed E-state index contributed by atoms with van der Waals surface area (Å²) in [5.74, 6) is -7.05. The maximum Gasteiger partial charge on any atom is 0.420 e. The number of aliphatic hydroxyl groups is 1. The summed E-state index contributed by atoms with van der Waals surface area (Å²) < 4.78 is 32.8. The Kier molecular flexibility index (Phi) is 3.61. The molecule has 0 aliphatic carbocycles. The van der Waals surface area contributed by atoms with Crippen molar-refractivity contribution in [1.29, 1.82) is 0 Å². The van der Waals surface area contributed by atoms with Crippen LogP contribution in [0.5, 0.6) is 0 Å². The smallest absolute Gasteiger partial charge is 0.393 e. The minimum atomic E-state index is -4.50. The quantitative estimate of drug-likeness (QED) is 0.737. The third-order valence-corrected chi connectivity index (χ3v) is 1.70. The van der Waals surface area contributed by atoms with Crippen molar-refractivity contribution in [1.82, 2.24) is 0 Å². The molecule has 1 N–H and O–H groups in total. The van der Waals surface area contributed by atoms with Gasteiger partial charge in [-0.25, -0.2) is 9.74 Å². The maximum absolute atomic E-state index is 12.5. The number of rotatable bonds is 3. The van der Waals surface area contributed by atoms with Gasteiger partial charge >= 0.3 is 11.9 Å². The van der Waals surface area contributed by atoms with Gasteiger partial charge in [-0.3, -0.25) is 0 Å². The van der Waals surface area contributed by atoms with Crippen LogP contribution < -0.4 is 0 Å². The molecule has 0 heterocycles. The zero-order valence-electron chi connectivity index (χ0n) is 5.36. The highest BCUT2D eigenvalue weighted by Crippen LogP contribution is 2.39. The fourth-order valence-electron chi connectivity index (χ4n) is 0.297. The van der Waals surface area contributed by atoms with Crippen molar-refractivity contribution in [2.45, 2.75) is 10.3 Å². The molecule has 0 unspecified atom stereocenters. The third kappa shape index (κ3) is 1.94. The van der Waals surface area contributed by atoms with Gasteiger partial charge in [0.25, 0.3) is 0 Å². The molecule has 0 aromatic rings. The van der Waals surface area contributed by atoms with E-state index in [4.69, 9.17) is 28.3 Å². The summed E-state index contributed by atoms with van der Waals surface area (Å²) in [6.07, 6.45) is 0. The van der Waals surface area contributed by atoms with E-state index in [2.05, 4.69) is 4.94 Å². The van der Waals surface area contributed by atoms with Crippen LogP contribution in [0.2, 0.25) is 0 Å². The summed E-state index contributed by atoms with van der Waals surface area (Å²) in [5, 5.41) is 8.20. The van der Waals surface area contributed by atoms with Crippen molar-refractivity contribution in [2.24, 2.45) is 0 Å². The predicted octanol–water partition coefficient (Wildman–Crippen LogP) is 1.22. The fourth-order valence-corrected chi connectivity index (χ4v) is 0.451. The molecule has 3 nitrogen and oxygen atoms in total. The lowest BCUT2D eigenvalue weighted by Gasteiger charge is -2.23. The normalized spacial score (nSPS) is 12.8. The first-order valence-electron chi connectivity index (χ1n) is 2.49. The van der Waals surface area contributed by atoms with Gasteiger partial charge < -0.3 is 5.11 Å². The first-order valence-corrected chi connectivity index (χ1v) is 3.24. The number of aliphatic hydroxyl groups excluding tert-OH is 1. The third-order valence-electron chi connectivity index (χ3n) is 0.984. The molecule has 0 fully saturated rings. The van der Waals surface area contributed by atoms with Gasteiger partial charge in [-0.15, -0.1) is 0 Å². The highest BCUT2D eigenvalue weighted by molar-refractivity contribution is 6.50. The van der Waals surface area contributed by atoms with Crippen molar-refractivity contribution in [3.8, 4) is 0 Å². The van der Waals surface area contributed by atoms with Crippen molar-refractivity contribution in [2.75, 3.05) is 6.61 Å². The molecule has 0 rings (SSSR count). The lowest BCUT2D eigenvalue weighted by molar-refractivity contribution is -0.214. The molecule has 12 heavy (non-hydrogen) atoms. The number of alkyl halides is 4. The van der Waals surface area contributed by atoms with Gasteiger partial charge in [0.15, 0.2) is 0 Å². The Balaban J connectivity index is 4.71. The molecule has 0 atom stereocenters. The summed E-state index contributed by atoms with van der Waals surface area (Å²) in [6, 6.07) is 0. The molecule has 0 radical (unpaired) electrons. The zero-order valence-corrected chi connectivity index (χ0v) is 6.87. The number of carbonyl (C=O) groups is 1. The summed E-state index contributed by atoms with van der Waals surface area (Å²) in [6.45, 7) is -1.42. The Morgan fingerprint density at radius 1 is 1.50 bits per heavy atom. The van der Waals surface area contributed by atoms with Crippen LogP contribution >= 0.6 is 23.2 Å². The average Bonchev–Trinajstić information content (AvgIpc) is 2.02. The van der Waals surface area contributed by atoms with Crippen molar-refractivity contribution >= 4 is 29.2 Å². The average molecular weight is 227 g/mol. The first-order chi connectivity index (χ1) is 5.29. The summed E-state index contributed by atoms with van der Waals surface area (Å²) in [7, 11) is 0. The van der Waals surface area contributed by atoms with Gasteiger partial charge in [0.2, 0.25) is 4.33 Å². The minimum Gasteiger partial charge on any atom is -0.393 e. The summed E-state index contributed by atoms with van der Waals surface area (Å²) in [5.41, 5.74) is 0. The highest BCUT2D eigenvalue weighted by Gasteiger charge is 2.59. The van der Waals surface area contributed by atoms with Crippen LogP contribution in [0.15, 0.2) is 0 Å². The van der Waals surface area contributed by atoms with Gasteiger partial charge in [-0.2, -0.15) is 8.78 Å². The largest absolute Gasteiger partial charge is 0.420 e. The van der Waals surface area contributed by atoms with Gasteiger partial charge in [-0.1, -0.05) is 23.2 Å². The molecule has 0 aliphatic rings. The van der Waals surface area contributed by atoms with E-state index in [1.165, 1.54) is 0 Å². The van der Waals surface area contributed by atoms with E-state index < -0.39 is 22.8 Å². The van der Waals surface area contributed by atoms with Crippen LogP contribution in [0.1, 0.15) is 0 Å². The molecule has 72 valence electrons. The van der Waals surface area contributed by atoms with Crippen molar-refractivity contribution in [3.63, 3.8) is 0 Å². The van der Waals surface area contributed by atoms with Crippen LogP contribution in [0.25, 0.3) is 0 Å². The lowest BCUT2D eigenvalue weighted by Crippen LogP contribution is -2.48. The molecule has 0 aromatic carbocycles. The van der Waals surface area contributed by atoms with Gasteiger partial charge in [0, 0.05) is 4.53 Å². The van der Waals surface area contributed by atoms with Crippen LogP contribution in [0.4, 0.5) is 13.3 Å². The van der Waals surface area contributed by atoms with Gasteiger partial charge in [0.05, 0.1) is 6.61 Å². The van der Waals surface area contributed by atoms with Gasteiger partial charge in [0.1, 0.15) is 0 Å². The molecular weight excluding hydrogens is 224 g/mol. The number of carbonyl (C=O) groups excluding carboxylic acids is 1. The molecule has 0 saturated carbocycles. The van der Waals surface area contributed by atoms with Crippen LogP contribution in [0, 0.1) is 0 Å². The second-order valence-corrected chi connectivity index (χ2v) is 3.29. The SMILES string of the molecule is O=C(OF)C(F)(F)C(Cl)(Cl)CO. The molecule has 0 spiro atoms. The predicted molar refractivity (Wildman–Crippen MR) is 33.7 cm³/mol. The lowest BCUT2D eigenvalue weighted by atomic mass is 10.2. The molecular formula is C4H3Cl2F3O3. The van der Waals surface area contributed by atoms with E-state index in [-0.39, 0.29) is 0 Å².